The highest BCUT2D eigenvalue weighted by molar-refractivity contribution is 8.13. The van der Waals surface area contributed by atoms with Crippen LogP contribution in [0.3, 0.4) is 0 Å². The summed E-state index contributed by atoms with van der Waals surface area (Å²) in [4.78, 5) is 0. The number of rotatable bonds is 3. The van der Waals surface area contributed by atoms with Crippen molar-refractivity contribution in [2.45, 2.75) is 6.42 Å². The molecule has 3 nitrogen and oxygen atoms in total. The molecule has 0 aliphatic rings. The third kappa shape index (κ3) is 3.77. The van der Waals surface area contributed by atoms with E-state index in [0.717, 1.165) is 5.56 Å². The summed E-state index contributed by atoms with van der Waals surface area (Å²) in [6.45, 7) is 0. The van der Waals surface area contributed by atoms with Crippen molar-refractivity contribution in [2.24, 2.45) is 0 Å². The van der Waals surface area contributed by atoms with Crippen molar-refractivity contribution in [1.82, 2.24) is 0 Å². The van der Waals surface area contributed by atoms with E-state index >= 15 is 0 Å². The number of aryl methyl sites for hydroxylation is 1. The summed E-state index contributed by atoms with van der Waals surface area (Å²) in [5.74, 6) is -0.108. The number of hydrogen-bond donors (Lipinski definition) is 0. The molecule has 0 saturated heterocycles. The van der Waals surface area contributed by atoms with Crippen LogP contribution in [0.5, 0.6) is 0 Å². The van der Waals surface area contributed by atoms with E-state index in [1.807, 2.05) is 6.07 Å². The van der Waals surface area contributed by atoms with Crippen molar-refractivity contribution >= 4 is 19.7 Å². The maximum absolute atomic E-state index is 10.7. The molecule has 0 aliphatic carbocycles. The lowest BCUT2D eigenvalue weighted by molar-refractivity contribution is 0.609. The topological polar surface area (TPSA) is 57.9 Å². The number of benzene rings is 1. The highest BCUT2D eigenvalue weighted by atomic mass is 35.7. The molecule has 1 aromatic rings. The molecular formula is C9H8ClNO2S. The van der Waals surface area contributed by atoms with Crippen LogP contribution in [-0.4, -0.2) is 14.2 Å². The number of halogens is 1. The van der Waals surface area contributed by atoms with Gasteiger partial charge in [0.1, 0.15) is 0 Å². The van der Waals surface area contributed by atoms with E-state index in [2.05, 4.69) is 0 Å². The average molecular weight is 230 g/mol. The number of nitriles is 1. The van der Waals surface area contributed by atoms with Crippen molar-refractivity contribution < 1.29 is 8.42 Å². The highest BCUT2D eigenvalue weighted by Crippen LogP contribution is 2.07. The molecule has 0 unspecified atom stereocenters. The first kappa shape index (κ1) is 11.0. The number of hydrogen-bond acceptors (Lipinski definition) is 3. The Hall–Kier alpha value is -1.05. The second kappa shape index (κ2) is 4.45. The third-order valence-corrected chi connectivity index (χ3v) is 2.85. The highest BCUT2D eigenvalue weighted by Gasteiger charge is 2.05. The SMILES string of the molecule is N#Cc1cccc(CCS(=O)(=O)Cl)c1. The molecule has 0 atom stereocenters. The van der Waals surface area contributed by atoms with Crippen LogP contribution in [0, 0.1) is 11.3 Å². The van der Waals surface area contributed by atoms with Gasteiger partial charge in [-0.25, -0.2) is 8.42 Å². The van der Waals surface area contributed by atoms with Crippen molar-refractivity contribution in [3.8, 4) is 6.07 Å². The molecule has 0 radical (unpaired) electrons. The summed E-state index contributed by atoms with van der Waals surface area (Å²) in [5, 5.41) is 8.60. The van der Waals surface area contributed by atoms with Crippen molar-refractivity contribution in [2.75, 3.05) is 5.75 Å². The van der Waals surface area contributed by atoms with Crippen LogP contribution in [0.1, 0.15) is 11.1 Å². The first-order chi connectivity index (χ1) is 6.51. The second-order valence-electron chi connectivity index (χ2n) is 2.81. The van der Waals surface area contributed by atoms with Gasteiger partial charge in [-0.2, -0.15) is 5.26 Å². The summed E-state index contributed by atoms with van der Waals surface area (Å²) in [5.41, 5.74) is 1.32. The average Bonchev–Trinajstić information content (AvgIpc) is 2.14. The van der Waals surface area contributed by atoms with Gasteiger partial charge in [0.05, 0.1) is 17.4 Å². The van der Waals surface area contributed by atoms with Gasteiger partial charge in [0, 0.05) is 10.7 Å². The zero-order valence-electron chi connectivity index (χ0n) is 7.27. The largest absolute Gasteiger partial charge is 0.232 e. The van der Waals surface area contributed by atoms with E-state index < -0.39 is 9.05 Å². The van der Waals surface area contributed by atoms with E-state index in [0.29, 0.717) is 12.0 Å². The third-order valence-electron chi connectivity index (χ3n) is 1.69. The Morgan fingerprint density at radius 2 is 2.14 bits per heavy atom. The molecule has 5 heteroatoms. The molecule has 0 saturated carbocycles. The molecule has 1 rings (SSSR count). The monoisotopic (exact) mass is 229 g/mol. The van der Waals surface area contributed by atoms with Gasteiger partial charge in [0.2, 0.25) is 9.05 Å². The molecule has 1 aromatic carbocycles. The summed E-state index contributed by atoms with van der Waals surface area (Å²) >= 11 is 0. The lowest BCUT2D eigenvalue weighted by Gasteiger charge is -1.98. The Morgan fingerprint density at radius 3 is 2.71 bits per heavy atom. The van der Waals surface area contributed by atoms with Gasteiger partial charge >= 0.3 is 0 Å². The van der Waals surface area contributed by atoms with E-state index in [9.17, 15) is 8.42 Å². The van der Waals surface area contributed by atoms with Crippen molar-refractivity contribution in [3.05, 3.63) is 35.4 Å². The molecule has 0 N–H and O–H groups in total. The van der Waals surface area contributed by atoms with Gasteiger partial charge in [0.15, 0.2) is 0 Å². The Bertz CT molecular complexity index is 462. The van der Waals surface area contributed by atoms with Gasteiger partial charge in [-0.1, -0.05) is 12.1 Å². The first-order valence-corrected chi connectivity index (χ1v) is 6.40. The molecule has 74 valence electrons. The molecule has 14 heavy (non-hydrogen) atoms. The van der Waals surface area contributed by atoms with Gasteiger partial charge < -0.3 is 0 Å². The van der Waals surface area contributed by atoms with E-state index in [4.69, 9.17) is 15.9 Å². The van der Waals surface area contributed by atoms with Gasteiger partial charge in [-0.3, -0.25) is 0 Å². The second-order valence-corrected chi connectivity index (χ2v) is 5.70. The van der Waals surface area contributed by atoms with Crippen LogP contribution in [0.25, 0.3) is 0 Å². The minimum Gasteiger partial charge on any atom is -0.212 e. The van der Waals surface area contributed by atoms with Crippen molar-refractivity contribution in [1.29, 1.82) is 5.26 Å². The quantitative estimate of drug-likeness (QED) is 0.741. The van der Waals surface area contributed by atoms with Crippen LogP contribution in [0.2, 0.25) is 0 Å². The number of nitrogens with zero attached hydrogens (tertiary/aromatic N) is 1. The van der Waals surface area contributed by atoms with Gasteiger partial charge in [-0.15, -0.1) is 0 Å². The first-order valence-electron chi connectivity index (χ1n) is 3.92. The van der Waals surface area contributed by atoms with E-state index in [1.54, 1.807) is 24.3 Å². The fourth-order valence-corrected chi connectivity index (χ4v) is 1.75. The molecule has 0 heterocycles. The van der Waals surface area contributed by atoms with Crippen LogP contribution in [0.15, 0.2) is 24.3 Å². The molecule has 0 aliphatic heterocycles. The van der Waals surface area contributed by atoms with E-state index in [-0.39, 0.29) is 5.75 Å². The summed E-state index contributed by atoms with van der Waals surface area (Å²) in [6, 6.07) is 8.79. The Kier molecular flexibility index (Phi) is 3.50. The van der Waals surface area contributed by atoms with Gasteiger partial charge in [0.25, 0.3) is 0 Å². The lowest BCUT2D eigenvalue weighted by Crippen LogP contribution is -2.01. The van der Waals surface area contributed by atoms with Crippen molar-refractivity contribution in [3.63, 3.8) is 0 Å². The Balaban J connectivity index is 2.74. The molecule has 0 bridgehead atoms. The minimum absolute atomic E-state index is 0.108. The van der Waals surface area contributed by atoms with Crippen LogP contribution in [-0.2, 0) is 15.5 Å². The smallest absolute Gasteiger partial charge is 0.212 e. The zero-order valence-corrected chi connectivity index (χ0v) is 8.85. The summed E-state index contributed by atoms with van der Waals surface area (Å²) in [6.07, 6.45) is 0.335. The Labute approximate surface area is 87.4 Å². The molecule has 0 amide bonds. The Morgan fingerprint density at radius 1 is 1.43 bits per heavy atom. The minimum atomic E-state index is -3.45. The predicted octanol–water partition coefficient (Wildman–Crippen LogP) is 1.67. The van der Waals surface area contributed by atoms with Crippen LogP contribution in [0.4, 0.5) is 0 Å². The fraction of sp³-hybridized carbons (Fsp3) is 0.222. The summed E-state index contributed by atoms with van der Waals surface area (Å²) in [7, 11) is 1.61. The maximum atomic E-state index is 10.7. The zero-order chi connectivity index (χ0) is 10.6. The molecule has 0 aromatic heterocycles. The lowest BCUT2D eigenvalue weighted by atomic mass is 10.1. The maximum Gasteiger partial charge on any atom is 0.232 e. The molecular weight excluding hydrogens is 222 g/mol. The summed E-state index contributed by atoms with van der Waals surface area (Å²) < 4.78 is 21.3. The normalized spacial score (nSPS) is 10.9. The molecule has 0 spiro atoms. The van der Waals surface area contributed by atoms with E-state index in [1.165, 1.54) is 0 Å². The fourth-order valence-electron chi connectivity index (χ4n) is 1.04. The predicted molar refractivity (Wildman–Crippen MR) is 54.5 cm³/mol. The van der Waals surface area contributed by atoms with Gasteiger partial charge in [-0.05, 0) is 24.1 Å². The standard InChI is InChI=1S/C9H8ClNO2S/c10-14(12,13)5-4-8-2-1-3-9(6-8)7-11/h1-3,6H,4-5H2. The molecule has 0 fully saturated rings. The van der Waals surface area contributed by atoms with Crippen LogP contribution >= 0.6 is 10.7 Å². The van der Waals surface area contributed by atoms with Crippen LogP contribution < -0.4 is 0 Å².